The zero-order chi connectivity index (χ0) is 13.0. The van der Waals surface area contributed by atoms with Gasteiger partial charge in [-0.1, -0.05) is 0 Å². The van der Waals surface area contributed by atoms with E-state index in [0.717, 1.165) is 44.6 Å². The molecule has 0 radical (unpaired) electrons. The maximum absolute atomic E-state index is 12.2. The van der Waals surface area contributed by atoms with E-state index in [1.165, 1.54) is 0 Å². The van der Waals surface area contributed by atoms with E-state index in [-0.39, 0.29) is 5.92 Å². The molecule has 0 amide bonds. The summed E-state index contributed by atoms with van der Waals surface area (Å²) in [6.45, 7) is 3.71. The number of aromatic nitrogens is 2. The highest BCUT2D eigenvalue weighted by Crippen LogP contribution is 2.29. The van der Waals surface area contributed by atoms with Gasteiger partial charge >= 0.3 is 0 Å². The molecule has 1 heterocycles. The van der Waals surface area contributed by atoms with Gasteiger partial charge < -0.3 is 10.3 Å². The van der Waals surface area contributed by atoms with Crippen LogP contribution < -0.4 is 5.73 Å². The molecule has 0 spiro atoms. The maximum atomic E-state index is 12.2. The molecule has 0 aromatic carbocycles. The Labute approximate surface area is 109 Å². The number of hydrogen-bond acceptors (Lipinski definition) is 3. The van der Waals surface area contributed by atoms with Crippen molar-refractivity contribution in [3.05, 3.63) is 18.2 Å². The van der Waals surface area contributed by atoms with E-state index in [4.69, 9.17) is 5.73 Å². The third-order valence-electron chi connectivity index (χ3n) is 4.11. The van der Waals surface area contributed by atoms with Crippen molar-refractivity contribution >= 4 is 5.78 Å². The van der Waals surface area contributed by atoms with Gasteiger partial charge in [0.05, 0.1) is 6.42 Å². The van der Waals surface area contributed by atoms with Crippen LogP contribution in [0.1, 0.15) is 38.4 Å². The molecule has 1 fully saturated rings. The van der Waals surface area contributed by atoms with Crippen LogP contribution in [-0.2, 0) is 17.8 Å². The zero-order valence-corrected chi connectivity index (χ0v) is 11.1. The van der Waals surface area contributed by atoms with Crippen molar-refractivity contribution in [3.8, 4) is 0 Å². The van der Waals surface area contributed by atoms with E-state index in [1.807, 2.05) is 10.8 Å². The lowest BCUT2D eigenvalue weighted by atomic mass is 9.79. The normalized spacial score (nSPS) is 24.1. The molecule has 2 rings (SSSR count). The molecule has 100 valence electrons. The van der Waals surface area contributed by atoms with Crippen LogP contribution in [0.15, 0.2) is 12.4 Å². The molecule has 0 aliphatic heterocycles. The monoisotopic (exact) mass is 249 g/mol. The van der Waals surface area contributed by atoms with E-state index in [1.54, 1.807) is 6.20 Å². The molecule has 1 saturated carbocycles. The first-order chi connectivity index (χ1) is 8.74. The Morgan fingerprint density at radius 3 is 2.78 bits per heavy atom. The van der Waals surface area contributed by atoms with Gasteiger partial charge in [-0.3, -0.25) is 4.79 Å². The average molecular weight is 249 g/mol. The molecule has 18 heavy (non-hydrogen) atoms. The van der Waals surface area contributed by atoms with Crippen molar-refractivity contribution in [1.82, 2.24) is 9.55 Å². The van der Waals surface area contributed by atoms with Crippen molar-refractivity contribution in [3.63, 3.8) is 0 Å². The van der Waals surface area contributed by atoms with E-state index in [0.29, 0.717) is 18.1 Å². The first-order valence-corrected chi connectivity index (χ1v) is 6.97. The molecule has 4 heteroatoms. The highest BCUT2D eigenvalue weighted by molar-refractivity contribution is 5.82. The lowest BCUT2D eigenvalue weighted by molar-refractivity contribution is -0.123. The zero-order valence-electron chi connectivity index (χ0n) is 11.1. The number of Topliss-reactive ketones (excluding diaryl/α,β-unsaturated/α-hetero) is 1. The largest absolute Gasteiger partial charge is 0.335 e. The van der Waals surface area contributed by atoms with Gasteiger partial charge in [-0.25, -0.2) is 4.98 Å². The van der Waals surface area contributed by atoms with Gasteiger partial charge in [-0.15, -0.1) is 0 Å². The Kier molecular flexibility index (Phi) is 4.53. The van der Waals surface area contributed by atoms with Crippen LogP contribution in [-0.4, -0.2) is 21.9 Å². The fourth-order valence-corrected chi connectivity index (χ4v) is 2.82. The summed E-state index contributed by atoms with van der Waals surface area (Å²) < 4.78 is 2.05. The van der Waals surface area contributed by atoms with Crippen molar-refractivity contribution in [1.29, 1.82) is 0 Å². The molecule has 2 N–H and O–H groups in total. The van der Waals surface area contributed by atoms with Gasteiger partial charge in [0.1, 0.15) is 11.6 Å². The smallest absolute Gasteiger partial charge is 0.143 e. The second kappa shape index (κ2) is 6.14. The summed E-state index contributed by atoms with van der Waals surface area (Å²) in [6, 6.07) is 0. The summed E-state index contributed by atoms with van der Waals surface area (Å²) >= 11 is 0. The molecule has 0 atom stereocenters. The number of aryl methyl sites for hydroxylation is 1. The van der Waals surface area contributed by atoms with Crippen molar-refractivity contribution < 1.29 is 4.79 Å². The fourth-order valence-electron chi connectivity index (χ4n) is 2.82. The second-order valence-corrected chi connectivity index (χ2v) is 5.23. The number of carbonyl (C=O) groups excluding carboxylic acids is 1. The van der Waals surface area contributed by atoms with Crippen LogP contribution in [0, 0.1) is 11.8 Å². The minimum Gasteiger partial charge on any atom is -0.335 e. The Morgan fingerprint density at radius 2 is 2.17 bits per heavy atom. The summed E-state index contributed by atoms with van der Waals surface area (Å²) in [6.07, 6.45) is 8.43. The van der Waals surface area contributed by atoms with E-state index >= 15 is 0 Å². The van der Waals surface area contributed by atoms with Gasteiger partial charge in [0.2, 0.25) is 0 Å². The molecule has 0 unspecified atom stereocenters. The molecule has 1 aromatic heterocycles. The molecule has 1 aliphatic carbocycles. The summed E-state index contributed by atoms with van der Waals surface area (Å²) in [5.41, 5.74) is 5.67. The Morgan fingerprint density at radius 1 is 1.44 bits per heavy atom. The number of nitrogens with two attached hydrogens (primary N) is 1. The first kappa shape index (κ1) is 13.3. The van der Waals surface area contributed by atoms with Crippen molar-refractivity contribution in [2.45, 2.75) is 45.6 Å². The third kappa shape index (κ3) is 2.99. The Balaban J connectivity index is 1.89. The van der Waals surface area contributed by atoms with E-state index in [2.05, 4.69) is 11.9 Å². The number of imidazole rings is 1. The quantitative estimate of drug-likeness (QED) is 0.865. The lowest BCUT2D eigenvalue weighted by Gasteiger charge is -2.26. The van der Waals surface area contributed by atoms with Gasteiger partial charge in [-0.2, -0.15) is 0 Å². The van der Waals surface area contributed by atoms with Crippen LogP contribution in [0.4, 0.5) is 0 Å². The molecule has 0 saturated heterocycles. The molecule has 1 aromatic rings. The van der Waals surface area contributed by atoms with Crippen LogP contribution in [0.5, 0.6) is 0 Å². The predicted octanol–water partition coefficient (Wildman–Crippen LogP) is 1.78. The molecule has 0 bridgehead atoms. The Hall–Kier alpha value is -1.16. The number of carbonyl (C=O) groups is 1. The maximum Gasteiger partial charge on any atom is 0.143 e. The summed E-state index contributed by atoms with van der Waals surface area (Å²) in [5, 5.41) is 0. The summed E-state index contributed by atoms with van der Waals surface area (Å²) in [7, 11) is 0. The number of ketones is 1. The fraction of sp³-hybridized carbons (Fsp3) is 0.714. The topological polar surface area (TPSA) is 60.9 Å². The Bertz CT molecular complexity index is 391. The second-order valence-electron chi connectivity index (χ2n) is 5.23. The SMILES string of the molecule is CCn1ccnc1CC(=O)C1CCC(CN)CC1. The summed E-state index contributed by atoms with van der Waals surface area (Å²) in [4.78, 5) is 16.5. The standard InChI is InChI=1S/C14H23N3O/c1-2-17-8-7-16-14(17)9-13(18)12-5-3-11(10-15)4-6-12/h7-8,11-12H,2-6,9-10,15H2,1H3. The van der Waals surface area contributed by atoms with Gasteiger partial charge in [-0.05, 0) is 45.1 Å². The minimum absolute atomic E-state index is 0.231. The van der Waals surface area contributed by atoms with E-state index in [9.17, 15) is 4.79 Å². The number of hydrogen-bond donors (Lipinski definition) is 1. The molecular formula is C14H23N3O. The first-order valence-electron chi connectivity index (χ1n) is 6.97. The van der Waals surface area contributed by atoms with Crippen molar-refractivity contribution in [2.75, 3.05) is 6.54 Å². The van der Waals surface area contributed by atoms with Crippen LogP contribution in [0.2, 0.25) is 0 Å². The molecular weight excluding hydrogens is 226 g/mol. The predicted molar refractivity (Wildman–Crippen MR) is 71.1 cm³/mol. The van der Waals surface area contributed by atoms with Crippen LogP contribution in [0.25, 0.3) is 0 Å². The number of rotatable bonds is 5. The lowest BCUT2D eigenvalue weighted by Crippen LogP contribution is -2.27. The minimum atomic E-state index is 0.231. The highest BCUT2D eigenvalue weighted by Gasteiger charge is 2.26. The van der Waals surface area contributed by atoms with Crippen LogP contribution >= 0.6 is 0 Å². The molecule has 4 nitrogen and oxygen atoms in total. The average Bonchev–Trinajstić information content (AvgIpc) is 2.86. The summed E-state index contributed by atoms with van der Waals surface area (Å²) in [5.74, 6) is 2.12. The van der Waals surface area contributed by atoms with Gasteiger partial charge in [0, 0.05) is 24.9 Å². The van der Waals surface area contributed by atoms with E-state index < -0.39 is 0 Å². The van der Waals surface area contributed by atoms with Gasteiger partial charge in [0.25, 0.3) is 0 Å². The third-order valence-corrected chi connectivity index (χ3v) is 4.11. The van der Waals surface area contributed by atoms with Gasteiger partial charge in [0.15, 0.2) is 0 Å². The number of nitrogens with zero attached hydrogens (tertiary/aromatic N) is 2. The molecule has 1 aliphatic rings. The van der Waals surface area contributed by atoms with Crippen LogP contribution in [0.3, 0.4) is 0 Å². The highest BCUT2D eigenvalue weighted by atomic mass is 16.1. The van der Waals surface area contributed by atoms with Crippen molar-refractivity contribution in [2.24, 2.45) is 17.6 Å².